The van der Waals surface area contributed by atoms with E-state index < -0.39 is 0 Å². The highest BCUT2D eigenvalue weighted by Gasteiger charge is 2.04. The van der Waals surface area contributed by atoms with Gasteiger partial charge in [-0.25, -0.2) is 9.97 Å². The van der Waals surface area contributed by atoms with E-state index in [0.717, 1.165) is 11.1 Å². The Bertz CT molecular complexity index is 562. The van der Waals surface area contributed by atoms with Crippen LogP contribution in [0.5, 0.6) is 0 Å². The van der Waals surface area contributed by atoms with Gasteiger partial charge in [-0.05, 0) is 18.1 Å². The van der Waals surface area contributed by atoms with Crippen LogP contribution >= 0.6 is 23.2 Å². The number of halogens is 2. The first-order chi connectivity index (χ1) is 8.68. The van der Waals surface area contributed by atoms with Crippen LogP contribution < -0.4 is 5.73 Å². The fraction of sp³-hybridized carbons (Fsp3) is 0.0769. The first-order valence-corrected chi connectivity index (χ1v) is 6.10. The first kappa shape index (κ1) is 12.9. The Labute approximate surface area is 115 Å². The van der Waals surface area contributed by atoms with E-state index in [1.807, 2.05) is 36.4 Å². The minimum atomic E-state index is 0.381. The van der Waals surface area contributed by atoms with Gasteiger partial charge in [-0.3, -0.25) is 0 Å². The molecule has 1 aromatic carbocycles. The van der Waals surface area contributed by atoms with Gasteiger partial charge in [0.05, 0.1) is 0 Å². The molecule has 0 aliphatic rings. The Hall–Kier alpha value is -1.58. The summed E-state index contributed by atoms with van der Waals surface area (Å²) in [6.45, 7) is 0. The highest BCUT2D eigenvalue weighted by atomic mass is 35.5. The molecule has 0 atom stereocenters. The minimum Gasteiger partial charge on any atom is -0.383 e. The molecule has 0 spiro atoms. The standard InChI is InChI=1S/C13H11Cl2N3/c14-11-7-2-1-4-9(11)5-3-6-10-12(15)17-8-18-13(10)16/h1-5,7-8H,6H2,(H2,16,17,18)/b5-3+. The maximum atomic E-state index is 6.04. The molecule has 0 radical (unpaired) electrons. The second-order valence-corrected chi connectivity index (χ2v) is 4.42. The van der Waals surface area contributed by atoms with Crippen molar-refractivity contribution in [1.29, 1.82) is 0 Å². The molecule has 0 unspecified atom stereocenters. The van der Waals surface area contributed by atoms with Crippen LogP contribution in [0, 0.1) is 0 Å². The molecule has 18 heavy (non-hydrogen) atoms. The third kappa shape index (κ3) is 3.00. The summed E-state index contributed by atoms with van der Waals surface area (Å²) in [6.07, 6.45) is 5.77. The Morgan fingerprint density at radius 1 is 1.17 bits per heavy atom. The van der Waals surface area contributed by atoms with Crippen LogP contribution in [-0.4, -0.2) is 9.97 Å². The van der Waals surface area contributed by atoms with Gasteiger partial charge in [-0.15, -0.1) is 0 Å². The normalized spacial score (nSPS) is 11.0. The Morgan fingerprint density at radius 3 is 2.67 bits per heavy atom. The van der Waals surface area contributed by atoms with Gasteiger partial charge in [0.15, 0.2) is 0 Å². The largest absolute Gasteiger partial charge is 0.383 e. The zero-order chi connectivity index (χ0) is 13.0. The molecular weight excluding hydrogens is 269 g/mol. The van der Waals surface area contributed by atoms with Crippen molar-refractivity contribution < 1.29 is 0 Å². The lowest BCUT2D eigenvalue weighted by atomic mass is 10.1. The van der Waals surface area contributed by atoms with Crippen LogP contribution in [0.3, 0.4) is 0 Å². The van der Waals surface area contributed by atoms with Gasteiger partial charge in [-0.2, -0.15) is 0 Å². The molecule has 2 N–H and O–H groups in total. The summed E-state index contributed by atoms with van der Waals surface area (Å²) in [6, 6.07) is 7.59. The number of rotatable bonds is 3. The second kappa shape index (κ2) is 5.85. The summed E-state index contributed by atoms with van der Waals surface area (Å²) in [7, 11) is 0. The molecule has 2 aromatic rings. The zero-order valence-electron chi connectivity index (χ0n) is 9.48. The van der Waals surface area contributed by atoms with Gasteiger partial charge in [0.25, 0.3) is 0 Å². The highest BCUT2D eigenvalue weighted by Crippen LogP contribution is 2.20. The maximum Gasteiger partial charge on any atom is 0.138 e. The van der Waals surface area contributed by atoms with Crippen LogP contribution in [0.1, 0.15) is 11.1 Å². The predicted octanol–water partition coefficient (Wildman–Crippen LogP) is 3.62. The molecule has 1 aromatic heterocycles. The van der Waals surface area contributed by atoms with Crippen molar-refractivity contribution in [2.24, 2.45) is 0 Å². The minimum absolute atomic E-state index is 0.381. The molecule has 0 saturated heterocycles. The third-order valence-electron chi connectivity index (χ3n) is 2.45. The molecule has 3 nitrogen and oxygen atoms in total. The number of hydrogen-bond donors (Lipinski definition) is 1. The molecule has 0 saturated carbocycles. The van der Waals surface area contributed by atoms with Crippen LogP contribution in [0.25, 0.3) is 6.08 Å². The zero-order valence-corrected chi connectivity index (χ0v) is 11.0. The average molecular weight is 280 g/mol. The Balaban J connectivity index is 2.15. The van der Waals surface area contributed by atoms with Crippen molar-refractivity contribution in [1.82, 2.24) is 9.97 Å². The molecule has 2 rings (SSSR count). The summed E-state index contributed by atoms with van der Waals surface area (Å²) in [5.41, 5.74) is 7.41. The van der Waals surface area contributed by atoms with Crippen molar-refractivity contribution in [2.75, 3.05) is 5.73 Å². The highest BCUT2D eigenvalue weighted by molar-refractivity contribution is 6.32. The summed E-state index contributed by atoms with van der Waals surface area (Å²) < 4.78 is 0. The van der Waals surface area contributed by atoms with E-state index in [4.69, 9.17) is 28.9 Å². The number of aromatic nitrogens is 2. The van der Waals surface area contributed by atoms with Gasteiger partial charge < -0.3 is 5.73 Å². The number of hydrogen-bond acceptors (Lipinski definition) is 3. The Kier molecular flexibility index (Phi) is 4.18. The number of benzene rings is 1. The second-order valence-electron chi connectivity index (χ2n) is 3.66. The van der Waals surface area contributed by atoms with Crippen molar-refractivity contribution in [3.63, 3.8) is 0 Å². The lowest BCUT2D eigenvalue weighted by molar-refractivity contribution is 1.10. The fourth-order valence-corrected chi connectivity index (χ4v) is 1.92. The SMILES string of the molecule is Nc1ncnc(Cl)c1C/C=C/c1ccccc1Cl. The summed E-state index contributed by atoms with van der Waals surface area (Å²) in [5, 5.41) is 1.09. The van der Waals surface area contributed by atoms with E-state index in [9.17, 15) is 0 Å². The van der Waals surface area contributed by atoms with E-state index in [-0.39, 0.29) is 0 Å². The van der Waals surface area contributed by atoms with Gasteiger partial charge in [-0.1, -0.05) is 53.6 Å². The van der Waals surface area contributed by atoms with Gasteiger partial charge >= 0.3 is 0 Å². The quantitative estimate of drug-likeness (QED) is 0.873. The average Bonchev–Trinajstić information content (AvgIpc) is 2.35. The topological polar surface area (TPSA) is 51.8 Å². The van der Waals surface area contributed by atoms with E-state index in [2.05, 4.69) is 9.97 Å². The number of nitrogens with two attached hydrogens (primary N) is 1. The lowest BCUT2D eigenvalue weighted by Crippen LogP contribution is -1.99. The van der Waals surface area contributed by atoms with E-state index >= 15 is 0 Å². The molecule has 92 valence electrons. The van der Waals surface area contributed by atoms with Crippen LogP contribution in [0.2, 0.25) is 10.2 Å². The van der Waals surface area contributed by atoms with Gasteiger partial charge in [0.2, 0.25) is 0 Å². The molecule has 0 fully saturated rings. The van der Waals surface area contributed by atoms with Gasteiger partial charge in [0.1, 0.15) is 17.3 Å². The van der Waals surface area contributed by atoms with Crippen molar-refractivity contribution in [3.8, 4) is 0 Å². The third-order valence-corrected chi connectivity index (χ3v) is 3.12. The van der Waals surface area contributed by atoms with Crippen molar-refractivity contribution in [3.05, 3.63) is 58.0 Å². The van der Waals surface area contributed by atoms with Gasteiger partial charge in [0, 0.05) is 10.6 Å². The maximum absolute atomic E-state index is 6.04. The fourth-order valence-electron chi connectivity index (χ4n) is 1.51. The molecule has 0 aliphatic carbocycles. The van der Waals surface area contributed by atoms with Crippen molar-refractivity contribution >= 4 is 35.1 Å². The molecule has 5 heteroatoms. The number of anilines is 1. The number of nitrogens with zero attached hydrogens (tertiary/aromatic N) is 2. The lowest BCUT2D eigenvalue weighted by Gasteiger charge is -2.02. The molecular formula is C13H11Cl2N3. The Morgan fingerprint density at radius 2 is 1.94 bits per heavy atom. The van der Waals surface area contributed by atoms with E-state index in [1.54, 1.807) is 0 Å². The molecule has 1 heterocycles. The first-order valence-electron chi connectivity index (χ1n) is 5.34. The molecule has 0 bridgehead atoms. The summed E-state index contributed by atoms with van der Waals surface area (Å²) in [4.78, 5) is 7.80. The van der Waals surface area contributed by atoms with E-state index in [0.29, 0.717) is 22.4 Å². The monoisotopic (exact) mass is 279 g/mol. The number of allylic oxidation sites excluding steroid dienone is 1. The molecule has 0 aliphatic heterocycles. The van der Waals surface area contributed by atoms with Crippen LogP contribution in [-0.2, 0) is 6.42 Å². The molecule has 0 amide bonds. The smallest absolute Gasteiger partial charge is 0.138 e. The van der Waals surface area contributed by atoms with Crippen LogP contribution in [0.4, 0.5) is 5.82 Å². The summed E-state index contributed by atoms with van der Waals surface area (Å²) in [5.74, 6) is 0.402. The van der Waals surface area contributed by atoms with E-state index in [1.165, 1.54) is 6.33 Å². The number of nitrogen functional groups attached to an aromatic ring is 1. The predicted molar refractivity (Wildman–Crippen MR) is 75.6 cm³/mol. The van der Waals surface area contributed by atoms with Crippen LogP contribution in [0.15, 0.2) is 36.7 Å². The van der Waals surface area contributed by atoms with Crippen molar-refractivity contribution in [2.45, 2.75) is 6.42 Å². The summed E-state index contributed by atoms with van der Waals surface area (Å²) >= 11 is 12.0.